The maximum atomic E-state index is 11.9. The van der Waals surface area contributed by atoms with Crippen molar-refractivity contribution in [2.45, 2.75) is 13.8 Å². The Bertz CT molecular complexity index is 988. The first-order chi connectivity index (χ1) is 12.5. The van der Waals surface area contributed by atoms with E-state index in [2.05, 4.69) is 15.6 Å². The lowest BCUT2D eigenvalue weighted by atomic mass is 10.2. The maximum Gasteiger partial charge on any atom is 0.433 e. The number of rotatable bonds is 5. The van der Waals surface area contributed by atoms with Crippen LogP contribution >= 0.6 is 0 Å². The molecule has 0 atom stereocenters. The number of carbonyl (C=O) groups excluding carboxylic acids is 1. The van der Waals surface area contributed by atoms with Crippen LogP contribution in [0.3, 0.4) is 0 Å². The molecule has 2 heterocycles. The van der Waals surface area contributed by atoms with Gasteiger partial charge in [0.05, 0.1) is 29.4 Å². The summed E-state index contributed by atoms with van der Waals surface area (Å²) in [5, 5.41) is 18.9. The third kappa shape index (κ3) is 3.36. The van der Waals surface area contributed by atoms with Gasteiger partial charge in [0.25, 0.3) is 0 Å². The molecule has 132 valence electrons. The van der Waals surface area contributed by atoms with Crippen LogP contribution in [0.5, 0.6) is 0 Å². The largest absolute Gasteiger partial charge is 0.433 e. The van der Waals surface area contributed by atoms with E-state index < -0.39 is 16.7 Å². The van der Waals surface area contributed by atoms with Gasteiger partial charge in [-0.2, -0.15) is 10.2 Å². The molecule has 0 spiro atoms. The topological polar surface area (TPSA) is 116 Å². The summed E-state index contributed by atoms with van der Waals surface area (Å²) in [5.41, 5.74) is 5.57. The number of aryl methyl sites for hydroxylation is 1. The molecule has 2 aromatic heterocycles. The number of aromatic nitrogens is 2. The summed E-state index contributed by atoms with van der Waals surface area (Å²) >= 11 is 0. The van der Waals surface area contributed by atoms with E-state index in [0.29, 0.717) is 0 Å². The Kier molecular flexibility index (Phi) is 4.61. The molecule has 0 aliphatic rings. The number of para-hydroxylation sites is 1. The van der Waals surface area contributed by atoms with Gasteiger partial charge < -0.3 is 4.42 Å². The standard InChI is InChI=1S/C17H15N5O4/c1-11-14(12(2)21(20-11)13-6-4-3-5-7-13)10-18-19-17(23)15-8-9-16(26-15)22(24)25/h3-10H,1-2H3,(H,19,23)/b18-10+. The van der Waals surface area contributed by atoms with Crippen LogP contribution < -0.4 is 5.43 Å². The summed E-state index contributed by atoms with van der Waals surface area (Å²) in [5.74, 6) is -1.38. The minimum absolute atomic E-state index is 0.192. The molecule has 9 nitrogen and oxygen atoms in total. The van der Waals surface area contributed by atoms with Crippen LogP contribution in [-0.2, 0) is 0 Å². The highest BCUT2D eigenvalue weighted by atomic mass is 16.6. The lowest BCUT2D eigenvalue weighted by Crippen LogP contribution is -2.16. The molecule has 1 aromatic carbocycles. The van der Waals surface area contributed by atoms with Gasteiger partial charge in [0, 0.05) is 5.56 Å². The van der Waals surface area contributed by atoms with Gasteiger partial charge in [-0.05, 0) is 32.0 Å². The maximum absolute atomic E-state index is 11.9. The van der Waals surface area contributed by atoms with Crippen LogP contribution in [0.1, 0.15) is 27.5 Å². The predicted molar refractivity (Wildman–Crippen MR) is 93.5 cm³/mol. The van der Waals surface area contributed by atoms with Crippen molar-refractivity contribution < 1.29 is 14.1 Å². The third-order valence-electron chi connectivity index (χ3n) is 3.70. The number of hydrogen-bond donors (Lipinski definition) is 1. The SMILES string of the molecule is Cc1nn(-c2ccccc2)c(C)c1/C=N/NC(=O)c1ccc([N+](=O)[O-])o1. The Labute approximate surface area is 148 Å². The Morgan fingerprint density at radius 3 is 2.65 bits per heavy atom. The van der Waals surface area contributed by atoms with Crippen molar-refractivity contribution in [2.75, 3.05) is 0 Å². The average Bonchev–Trinajstić information content (AvgIpc) is 3.23. The van der Waals surface area contributed by atoms with Crippen LogP contribution in [0, 0.1) is 24.0 Å². The number of hydrazone groups is 1. The second-order valence-electron chi connectivity index (χ2n) is 5.43. The number of amides is 1. The Hall–Kier alpha value is -3.75. The highest BCUT2D eigenvalue weighted by Crippen LogP contribution is 2.17. The van der Waals surface area contributed by atoms with Crippen molar-refractivity contribution >= 4 is 18.0 Å². The lowest BCUT2D eigenvalue weighted by molar-refractivity contribution is -0.402. The molecule has 26 heavy (non-hydrogen) atoms. The molecule has 9 heteroatoms. The number of nitrogens with one attached hydrogen (secondary N) is 1. The van der Waals surface area contributed by atoms with Gasteiger partial charge in [0.15, 0.2) is 0 Å². The second kappa shape index (κ2) is 7.01. The van der Waals surface area contributed by atoms with Crippen molar-refractivity contribution in [3.05, 3.63) is 75.3 Å². The van der Waals surface area contributed by atoms with Crippen LogP contribution in [-0.4, -0.2) is 26.8 Å². The molecule has 0 bridgehead atoms. The molecular formula is C17H15N5O4. The van der Waals surface area contributed by atoms with E-state index in [1.54, 1.807) is 4.68 Å². The van der Waals surface area contributed by atoms with E-state index in [4.69, 9.17) is 4.42 Å². The first kappa shape index (κ1) is 17.1. The fourth-order valence-corrected chi connectivity index (χ4v) is 2.42. The van der Waals surface area contributed by atoms with Gasteiger partial charge >= 0.3 is 11.8 Å². The van der Waals surface area contributed by atoms with E-state index >= 15 is 0 Å². The molecule has 0 radical (unpaired) electrons. The minimum Gasteiger partial charge on any atom is -0.395 e. The monoisotopic (exact) mass is 353 g/mol. The van der Waals surface area contributed by atoms with Gasteiger partial charge in [-0.15, -0.1) is 0 Å². The first-order valence-corrected chi connectivity index (χ1v) is 7.66. The zero-order chi connectivity index (χ0) is 18.7. The summed E-state index contributed by atoms with van der Waals surface area (Å²) in [6, 6.07) is 12.0. The van der Waals surface area contributed by atoms with Gasteiger partial charge in [-0.3, -0.25) is 14.9 Å². The molecule has 0 saturated heterocycles. The molecule has 0 aliphatic carbocycles. The summed E-state index contributed by atoms with van der Waals surface area (Å²) in [6.45, 7) is 3.73. The molecular weight excluding hydrogens is 338 g/mol. The van der Waals surface area contributed by atoms with Crippen LogP contribution in [0.25, 0.3) is 5.69 Å². The van der Waals surface area contributed by atoms with E-state index in [0.717, 1.165) is 28.7 Å². The molecule has 1 N–H and O–H groups in total. The van der Waals surface area contributed by atoms with E-state index in [1.165, 1.54) is 12.3 Å². The molecule has 1 amide bonds. The highest BCUT2D eigenvalue weighted by molar-refractivity contribution is 5.92. The Morgan fingerprint density at radius 1 is 1.27 bits per heavy atom. The number of nitro groups is 1. The van der Waals surface area contributed by atoms with Gasteiger partial charge in [-0.25, -0.2) is 10.1 Å². The van der Waals surface area contributed by atoms with E-state index in [1.807, 2.05) is 44.2 Å². The third-order valence-corrected chi connectivity index (χ3v) is 3.70. The van der Waals surface area contributed by atoms with E-state index in [-0.39, 0.29) is 5.76 Å². The normalized spacial score (nSPS) is 11.0. The van der Waals surface area contributed by atoms with Crippen LogP contribution in [0.15, 0.2) is 52.0 Å². The summed E-state index contributed by atoms with van der Waals surface area (Å²) in [7, 11) is 0. The average molecular weight is 353 g/mol. The molecule has 0 saturated carbocycles. The zero-order valence-electron chi connectivity index (χ0n) is 14.0. The van der Waals surface area contributed by atoms with Crippen LogP contribution in [0.2, 0.25) is 0 Å². The molecule has 3 rings (SSSR count). The quantitative estimate of drug-likeness (QED) is 0.430. The number of nitrogens with zero attached hydrogens (tertiary/aromatic N) is 4. The fourth-order valence-electron chi connectivity index (χ4n) is 2.42. The van der Waals surface area contributed by atoms with Crippen molar-refractivity contribution in [3.8, 4) is 5.69 Å². The second-order valence-corrected chi connectivity index (χ2v) is 5.43. The Balaban J connectivity index is 1.75. The number of hydrogen-bond acceptors (Lipinski definition) is 6. The molecule has 0 aliphatic heterocycles. The number of carbonyl (C=O) groups is 1. The number of furan rings is 1. The van der Waals surface area contributed by atoms with Crippen LogP contribution in [0.4, 0.5) is 5.88 Å². The molecule has 3 aromatic rings. The van der Waals surface area contributed by atoms with Crippen molar-refractivity contribution in [2.24, 2.45) is 5.10 Å². The van der Waals surface area contributed by atoms with Gasteiger partial charge in [-0.1, -0.05) is 18.2 Å². The van der Waals surface area contributed by atoms with E-state index in [9.17, 15) is 14.9 Å². The minimum atomic E-state index is -0.718. The fraction of sp³-hybridized carbons (Fsp3) is 0.118. The smallest absolute Gasteiger partial charge is 0.395 e. The zero-order valence-corrected chi connectivity index (χ0v) is 14.0. The summed E-state index contributed by atoms with van der Waals surface area (Å²) < 4.78 is 6.60. The molecule has 0 fully saturated rings. The van der Waals surface area contributed by atoms with Gasteiger partial charge in [0.2, 0.25) is 5.76 Å². The summed E-state index contributed by atoms with van der Waals surface area (Å²) in [4.78, 5) is 21.8. The highest BCUT2D eigenvalue weighted by Gasteiger charge is 2.17. The Morgan fingerprint density at radius 2 is 2.00 bits per heavy atom. The molecule has 0 unspecified atom stereocenters. The summed E-state index contributed by atoms with van der Waals surface area (Å²) in [6.07, 6.45) is 1.48. The first-order valence-electron chi connectivity index (χ1n) is 7.66. The van der Waals surface area contributed by atoms with Crippen molar-refractivity contribution in [3.63, 3.8) is 0 Å². The number of benzene rings is 1. The van der Waals surface area contributed by atoms with Gasteiger partial charge in [0.1, 0.15) is 4.92 Å². The lowest BCUT2D eigenvalue weighted by Gasteiger charge is -2.03. The predicted octanol–water partition coefficient (Wildman–Crippen LogP) is 2.75. The van der Waals surface area contributed by atoms with Crippen molar-refractivity contribution in [1.82, 2.24) is 15.2 Å². The van der Waals surface area contributed by atoms with Crippen molar-refractivity contribution in [1.29, 1.82) is 0 Å².